The molecule has 1 atom stereocenters. The highest BCUT2D eigenvalue weighted by Crippen LogP contribution is 2.60. The number of hydrogen-bond donors (Lipinski definition) is 0. The van der Waals surface area contributed by atoms with Crippen molar-refractivity contribution in [3.63, 3.8) is 0 Å². The number of benzene rings is 1. The lowest BCUT2D eigenvalue weighted by atomic mass is 9.85. The Kier molecular flexibility index (Phi) is 1.41. The zero-order chi connectivity index (χ0) is 11.0. The monoisotopic (exact) mass is 226 g/mol. The third-order valence-electron chi connectivity index (χ3n) is 3.21. The molecule has 15 heavy (non-hydrogen) atoms. The van der Waals surface area contributed by atoms with Crippen LogP contribution in [0.5, 0.6) is 0 Å². The molecule has 0 radical (unpaired) electrons. The summed E-state index contributed by atoms with van der Waals surface area (Å²) in [6, 6.07) is 3.02. The summed E-state index contributed by atoms with van der Waals surface area (Å²) in [5, 5.41) is 0. The zero-order valence-electron chi connectivity index (χ0n) is 8.23. The average molecular weight is 226 g/mol. The molecule has 1 unspecified atom stereocenters. The van der Waals surface area contributed by atoms with Gasteiger partial charge in [0.05, 0.1) is 10.3 Å². The molecule has 1 aliphatic carbocycles. The molecule has 1 aromatic carbocycles. The fourth-order valence-corrected chi connectivity index (χ4v) is 3.67. The van der Waals surface area contributed by atoms with Crippen molar-refractivity contribution in [3.05, 3.63) is 29.1 Å². The molecule has 0 saturated heterocycles. The van der Waals surface area contributed by atoms with Crippen LogP contribution in [0.15, 0.2) is 17.0 Å². The Hall–Kier alpha value is -0.900. The highest BCUT2D eigenvalue weighted by molar-refractivity contribution is 8.01. The number of fused-ring (bicyclic) bond motifs is 3. The van der Waals surface area contributed by atoms with Gasteiger partial charge in [0.1, 0.15) is 5.82 Å². The topological polar surface area (TPSA) is 17.1 Å². The Labute approximate surface area is 89.9 Å². The first-order valence-corrected chi connectivity index (χ1v) is 5.47. The van der Waals surface area contributed by atoms with Gasteiger partial charge in [-0.15, -0.1) is 11.8 Å². The van der Waals surface area contributed by atoms with Gasteiger partial charge in [-0.1, -0.05) is 6.07 Å². The second kappa shape index (κ2) is 2.26. The summed E-state index contributed by atoms with van der Waals surface area (Å²) in [6.45, 7) is 3.27. The molecule has 0 spiro atoms. The van der Waals surface area contributed by atoms with E-state index in [1.54, 1.807) is 19.9 Å². The minimum Gasteiger partial charge on any atom is -0.290 e. The Morgan fingerprint density at radius 2 is 2.00 bits per heavy atom. The van der Waals surface area contributed by atoms with Crippen LogP contribution >= 0.6 is 11.8 Å². The van der Waals surface area contributed by atoms with Gasteiger partial charge in [-0.3, -0.25) is 4.79 Å². The molecule has 4 heteroatoms. The third-order valence-corrected chi connectivity index (χ3v) is 4.56. The van der Waals surface area contributed by atoms with Gasteiger partial charge in [-0.2, -0.15) is 0 Å². The van der Waals surface area contributed by atoms with Crippen LogP contribution in [0.25, 0.3) is 0 Å². The van der Waals surface area contributed by atoms with Crippen molar-refractivity contribution in [2.75, 3.05) is 0 Å². The van der Waals surface area contributed by atoms with Crippen LogP contribution in [0.3, 0.4) is 0 Å². The Morgan fingerprint density at radius 3 is 2.67 bits per heavy atom. The standard InChI is InChI=1S/C11H8F2OS/c1-10(2)11(13)5-3-4-6(15-10)7(8(5)12)9(11)14/h3-4H,1-2H3. The van der Waals surface area contributed by atoms with Crippen molar-refractivity contribution in [1.29, 1.82) is 0 Å². The SMILES string of the molecule is CC1(C)Sc2ccc3c(F)c2C(=O)C31F. The van der Waals surface area contributed by atoms with Gasteiger partial charge < -0.3 is 0 Å². The molecule has 0 N–H and O–H groups in total. The van der Waals surface area contributed by atoms with Gasteiger partial charge in [0.25, 0.3) is 0 Å². The molecule has 1 nitrogen and oxygen atoms in total. The predicted octanol–water partition coefficient (Wildman–Crippen LogP) is 3.07. The molecule has 1 aliphatic heterocycles. The van der Waals surface area contributed by atoms with Crippen molar-refractivity contribution in [2.24, 2.45) is 0 Å². The van der Waals surface area contributed by atoms with Crippen LogP contribution < -0.4 is 0 Å². The van der Waals surface area contributed by atoms with E-state index in [9.17, 15) is 13.6 Å². The molecular formula is C11H8F2OS. The smallest absolute Gasteiger partial charge is 0.215 e. The second-order valence-corrected chi connectivity index (χ2v) is 6.06. The van der Waals surface area contributed by atoms with E-state index in [0.29, 0.717) is 4.90 Å². The van der Waals surface area contributed by atoms with Gasteiger partial charge in [0.15, 0.2) is 0 Å². The third kappa shape index (κ3) is 0.759. The highest BCUT2D eigenvalue weighted by Gasteiger charge is 2.64. The fraction of sp³-hybridized carbons (Fsp3) is 0.364. The predicted molar refractivity (Wildman–Crippen MR) is 53.5 cm³/mol. The maximum Gasteiger partial charge on any atom is 0.215 e. The molecule has 1 aromatic rings. The minimum atomic E-state index is -2.19. The maximum absolute atomic E-state index is 14.7. The van der Waals surface area contributed by atoms with E-state index in [-0.39, 0.29) is 11.1 Å². The number of carbonyl (C=O) groups is 1. The summed E-state index contributed by atoms with van der Waals surface area (Å²) in [5.74, 6) is -1.38. The van der Waals surface area contributed by atoms with E-state index in [2.05, 4.69) is 0 Å². The average Bonchev–Trinajstić information content (AvgIpc) is 2.24. The van der Waals surface area contributed by atoms with Gasteiger partial charge in [-0.05, 0) is 19.9 Å². The van der Waals surface area contributed by atoms with Crippen molar-refractivity contribution in [3.8, 4) is 0 Å². The molecule has 0 aromatic heterocycles. The number of hydrogen-bond acceptors (Lipinski definition) is 2. The highest BCUT2D eigenvalue weighted by atomic mass is 32.2. The van der Waals surface area contributed by atoms with E-state index >= 15 is 0 Å². The Bertz CT molecular complexity index is 510. The van der Waals surface area contributed by atoms with Gasteiger partial charge in [0, 0.05) is 10.5 Å². The van der Waals surface area contributed by atoms with E-state index in [4.69, 9.17) is 0 Å². The van der Waals surface area contributed by atoms with Crippen LogP contribution in [-0.2, 0) is 5.67 Å². The number of thioether (sulfide) groups is 1. The summed E-state index contributed by atoms with van der Waals surface area (Å²) in [4.78, 5) is 12.4. The minimum absolute atomic E-state index is 0.0562. The summed E-state index contributed by atoms with van der Waals surface area (Å²) in [6.07, 6.45) is 0. The largest absolute Gasteiger partial charge is 0.290 e. The molecule has 78 valence electrons. The normalized spacial score (nSPS) is 30.0. The van der Waals surface area contributed by atoms with Crippen molar-refractivity contribution >= 4 is 17.5 Å². The Morgan fingerprint density at radius 1 is 1.33 bits per heavy atom. The summed E-state index contributed by atoms with van der Waals surface area (Å²) < 4.78 is 27.5. The molecular weight excluding hydrogens is 218 g/mol. The maximum atomic E-state index is 14.7. The second-order valence-electron chi connectivity index (χ2n) is 4.40. The number of Topliss-reactive ketones (excluding diaryl/α,β-unsaturated/α-hetero) is 1. The first-order chi connectivity index (χ1) is 6.89. The van der Waals surface area contributed by atoms with Gasteiger partial charge in [0.2, 0.25) is 11.5 Å². The van der Waals surface area contributed by atoms with E-state index < -0.39 is 22.0 Å². The number of halogens is 2. The van der Waals surface area contributed by atoms with Crippen LogP contribution in [-0.4, -0.2) is 10.5 Å². The number of alkyl halides is 1. The number of carbonyl (C=O) groups excluding carboxylic acids is 1. The van der Waals surface area contributed by atoms with Crippen LogP contribution in [0.1, 0.15) is 29.8 Å². The summed E-state index contributed by atoms with van der Waals surface area (Å²) in [7, 11) is 0. The van der Waals surface area contributed by atoms with Crippen LogP contribution in [0.4, 0.5) is 8.78 Å². The molecule has 3 bridgehead atoms. The first-order valence-electron chi connectivity index (χ1n) is 4.65. The lowest BCUT2D eigenvalue weighted by Crippen LogP contribution is -2.46. The molecule has 0 saturated carbocycles. The molecule has 2 aliphatic rings. The molecule has 0 amide bonds. The number of ketones is 1. The summed E-state index contributed by atoms with van der Waals surface area (Å²) >= 11 is 1.23. The fourth-order valence-electron chi connectivity index (χ4n) is 2.36. The lowest BCUT2D eigenvalue weighted by molar-refractivity contribution is 0.0607. The molecule has 0 fully saturated rings. The van der Waals surface area contributed by atoms with Crippen LogP contribution in [0.2, 0.25) is 0 Å². The van der Waals surface area contributed by atoms with Crippen molar-refractivity contribution in [2.45, 2.75) is 29.2 Å². The first kappa shape index (κ1) is 9.33. The lowest BCUT2D eigenvalue weighted by Gasteiger charge is -2.37. The van der Waals surface area contributed by atoms with E-state index in [1.165, 1.54) is 17.8 Å². The summed E-state index contributed by atoms with van der Waals surface area (Å²) in [5.41, 5.74) is -2.34. The quantitative estimate of drug-likeness (QED) is 0.676. The van der Waals surface area contributed by atoms with Gasteiger partial charge >= 0.3 is 0 Å². The van der Waals surface area contributed by atoms with E-state index in [0.717, 1.165) is 0 Å². The zero-order valence-corrected chi connectivity index (χ0v) is 9.04. The van der Waals surface area contributed by atoms with Crippen LogP contribution in [0, 0.1) is 5.82 Å². The number of rotatable bonds is 0. The van der Waals surface area contributed by atoms with Crippen molar-refractivity contribution < 1.29 is 13.6 Å². The molecule has 3 rings (SSSR count). The van der Waals surface area contributed by atoms with Gasteiger partial charge in [-0.25, -0.2) is 8.78 Å². The van der Waals surface area contributed by atoms with Crippen molar-refractivity contribution in [1.82, 2.24) is 0 Å². The van der Waals surface area contributed by atoms with E-state index in [1.807, 2.05) is 0 Å². The Balaban J connectivity index is 2.48. The molecule has 1 heterocycles.